The highest BCUT2D eigenvalue weighted by Crippen LogP contribution is 2.26. The molecule has 15 heavy (non-hydrogen) atoms. The molecule has 0 N–H and O–H groups in total. The summed E-state index contributed by atoms with van der Waals surface area (Å²) in [5, 5.41) is 0.856. The molecule has 84 valence electrons. The van der Waals surface area contributed by atoms with E-state index in [1.165, 1.54) is 11.5 Å². The number of rotatable bonds is 3. The fourth-order valence-electron chi connectivity index (χ4n) is 1.32. The zero-order valence-corrected chi connectivity index (χ0v) is 10.8. The summed E-state index contributed by atoms with van der Waals surface area (Å²) in [6.07, 6.45) is 0.800. The molecule has 1 atom stereocenters. The van der Waals surface area contributed by atoms with Gasteiger partial charge in [0.25, 0.3) is 0 Å². The molecule has 0 fully saturated rings. The van der Waals surface area contributed by atoms with Gasteiger partial charge >= 0.3 is 0 Å². The van der Waals surface area contributed by atoms with Crippen LogP contribution in [0.15, 0.2) is 0 Å². The van der Waals surface area contributed by atoms with Crippen molar-refractivity contribution < 1.29 is 4.79 Å². The number of nitrogens with zero attached hydrogens (tertiary/aromatic N) is 2. The summed E-state index contributed by atoms with van der Waals surface area (Å²) < 4.78 is 4.32. The normalized spacial score (nSPS) is 13.9. The van der Waals surface area contributed by atoms with Crippen molar-refractivity contribution in [1.29, 1.82) is 0 Å². The number of carbonyl (C=O) groups excluding carboxylic acids is 1. The number of Topliss-reactive ketones (excluding diaryl/α,β-unsaturated/α-hetero) is 1. The van der Waals surface area contributed by atoms with E-state index in [-0.39, 0.29) is 17.1 Å². The molecule has 0 aliphatic carbocycles. The van der Waals surface area contributed by atoms with Gasteiger partial charge in [-0.15, -0.1) is 0 Å². The molecular formula is C11H18N2OS. The van der Waals surface area contributed by atoms with E-state index in [4.69, 9.17) is 0 Å². The minimum Gasteiger partial charge on any atom is -0.299 e. The van der Waals surface area contributed by atoms with Gasteiger partial charge in [-0.05, 0) is 24.9 Å². The number of ketones is 1. The van der Waals surface area contributed by atoms with Crippen LogP contribution in [0.4, 0.5) is 0 Å². The van der Waals surface area contributed by atoms with Crippen LogP contribution >= 0.6 is 11.5 Å². The highest BCUT2D eigenvalue weighted by Gasteiger charge is 2.24. The van der Waals surface area contributed by atoms with Crippen LogP contribution in [0.3, 0.4) is 0 Å². The van der Waals surface area contributed by atoms with Crippen LogP contribution < -0.4 is 0 Å². The van der Waals surface area contributed by atoms with Gasteiger partial charge in [-0.25, -0.2) is 4.98 Å². The Kier molecular flexibility index (Phi) is 3.60. The lowest BCUT2D eigenvalue weighted by atomic mass is 9.96. The third kappa shape index (κ3) is 2.84. The highest BCUT2D eigenvalue weighted by molar-refractivity contribution is 7.05. The van der Waals surface area contributed by atoms with E-state index < -0.39 is 0 Å². The summed E-state index contributed by atoms with van der Waals surface area (Å²) in [6.45, 7) is 9.85. The average Bonchev–Trinajstić information content (AvgIpc) is 2.52. The van der Waals surface area contributed by atoms with Crippen LogP contribution in [0.1, 0.15) is 57.8 Å². The molecule has 1 unspecified atom stereocenters. The zero-order valence-electron chi connectivity index (χ0n) is 10.00. The third-order valence-corrected chi connectivity index (χ3v) is 3.14. The van der Waals surface area contributed by atoms with Gasteiger partial charge in [-0.1, -0.05) is 27.7 Å². The largest absolute Gasteiger partial charge is 0.299 e. The first-order chi connectivity index (χ1) is 6.86. The first-order valence-electron chi connectivity index (χ1n) is 5.20. The standard InChI is InChI=1S/C11H18N2OS/c1-6-8(7(2)14)9-12-10(13-15-9)11(3,4)5/h8H,6H2,1-5H3. The van der Waals surface area contributed by atoms with Gasteiger partial charge in [-0.2, -0.15) is 4.37 Å². The van der Waals surface area contributed by atoms with E-state index in [0.29, 0.717) is 0 Å². The first kappa shape index (κ1) is 12.3. The smallest absolute Gasteiger partial charge is 0.147 e. The average molecular weight is 226 g/mol. The molecule has 0 spiro atoms. The topological polar surface area (TPSA) is 42.9 Å². The summed E-state index contributed by atoms with van der Waals surface area (Å²) in [6, 6.07) is 0. The molecule has 0 amide bonds. The van der Waals surface area contributed by atoms with E-state index in [1.54, 1.807) is 6.92 Å². The Balaban J connectivity index is 2.97. The lowest BCUT2D eigenvalue weighted by Crippen LogP contribution is -2.14. The predicted molar refractivity (Wildman–Crippen MR) is 62.3 cm³/mol. The maximum absolute atomic E-state index is 11.4. The van der Waals surface area contributed by atoms with Crippen molar-refractivity contribution >= 4 is 17.3 Å². The van der Waals surface area contributed by atoms with Crippen LogP contribution in [0.25, 0.3) is 0 Å². The van der Waals surface area contributed by atoms with E-state index in [9.17, 15) is 4.79 Å². The molecule has 4 heteroatoms. The van der Waals surface area contributed by atoms with Crippen molar-refractivity contribution in [2.75, 3.05) is 0 Å². The molecule has 1 rings (SSSR count). The van der Waals surface area contributed by atoms with Crippen LogP contribution in [-0.4, -0.2) is 15.1 Å². The first-order valence-corrected chi connectivity index (χ1v) is 5.98. The van der Waals surface area contributed by atoms with Crippen molar-refractivity contribution in [2.45, 2.75) is 52.4 Å². The summed E-state index contributed by atoms with van der Waals surface area (Å²) >= 11 is 1.36. The van der Waals surface area contributed by atoms with Gasteiger partial charge in [0.05, 0.1) is 5.92 Å². The van der Waals surface area contributed by atoms with Gasteiger partial charge < -0.3 is 0 Å². The molecule has 0 saturated carbocycles. The van der Waals surface area contributed by atoms with Crippen molar-refractivity contribution in [3.05, 3.63) is 10.8 Å². The van der Waals surface area contributed by atoms with Crippen LogP contribution in [0, 0.1) is 0 Å². The lowest BCUT2D eigenvalue weighted by molar-refractivity contribution is -0.118. The predicted octanol–water partition coefficient (Wildman–Crippen LogP) is 2.92. The maximum Gasteiger partial charge on any atom is 0.147 e. The molecule has 0 aromatic carbocycles. The Hall–Kier alpha value is -0.770. The van der Waals surface area contributed by atoms with E-state index in [1.807, 2.05) is 6.92 Å². The Labute approximate surface area is 95.1 Å². The van der Waals surface area contributed by atoms with Crippen LogP contribution in [0.5, 0.6) is 0 Å². The fraction of sp³-hybridized carbons (Fsp3) is 0.727. The molecule has 0 saturated heterocycles. The SMILES string of the molecule is CCC(C(C)=O)c1nc(C(C)(C)C)ns1. The van der Waals surface area contributed by atoms with E-state index in [2.05, 4.69) is 30.1 Å². The Bertz CT molecular complexity index is 352. The Morgan fingerprint density at radius 3 is 2.40 bits per heavy atom. The fourth-order valence-corrected chi connectivity index (χ4v) is 2.40. The second-order valence-electron chi connectivity index (χ2n) is 4.78. The van der Waals surface area contributed by atoms with Crippen molar-refractivity contribution in [3.63, 3.8) is 0 Å². The molecule has 0 bridgehead atoms. The van der Waals surface area contributed by atoms with Gasteiger partial charge in [0.1, 0.15) is 16.6 Å². The van der Waals surface area contributed by atoms with Gasteiger partial charge in [0.15, 0.2) is 0 Å². The second-order valence-corrected chi connectivity index (χ2v) is 5.56. The Morgan fingerprint density at radius 2 is 2.07 bits per heavy atom. The number of hydrogen-bond donors (Lipinski definition) is 0. The summed E-state index contributed by atoms with van der Waals surface area (Å²) in [5.41, 5.74) is -0.0379. The maximum atomic E-state index is 11.4. The quantitative estimate of drug-likeness (QED) is 0.796. The Morgan fingerprint density at radius 1 is 1.47 bits per heavy atom. The van der Waals surface area contributed by atoms with Crippen molar-refractivity contribution in [1.82, 2.24) is 9.36 Å². The van der Waals surface area contributed by atoms with Crippen LogP contribution in [-0.2, 0) is 10.2 Å². The second kappa shape index (κ2) is 4.39. The minimum atomic E-state index is -0.0707. The molecule has 0 radical (unpaired) electrons. The molecule has 1 aromatic rings. The number of carbonyl (C=O) groups is 1. The highest BCUT2D eigenvalue weighted by atomic mass is 32.1. The molecule has 0 aliphatic heterocycles. The molecule has 1 aromatic heterocycles. The molecule has 3 nitrogen and oxygen atoms in total. The molecule has 0 aliphatic rings. The minimum absolute atomic E-state index is 0.0379. The number of hydrogen-bond acceptors (Lipinski definition) is 4. The van der Waals surface area contributed by atoms with Gasteiger partial charge in [0, 0.05) is 5.41 Å². The van der Waals surface area contributed by atoms with E-state index >= 15 is 0 Å². The van der Waals surface area contributed by atoms with Crippen LogP contribution in [0.2, 0.25) is 0 Å². The summed E-state index contributed by atoms with van der Waals surface area (Å²) in [4.78, 5) is 15.8. The van der Waals surface area contributed by atoms with Crippen molar-refractivity contribution in [3.8, 4) is 0 Å². The lowest BCUT2D eigenvalue weighted by Gasteiger charge is -2.12. The van der Waals surface area contributed by atoms with Gasteiger partial charge in [-0.3, -0.25) is 4.79 Å². The molecule has 1 heterocycles. The molecular weight excluding hydrogens is 208 g/mol. The summed E-state index contributed by atoms with van der Waals surface area (Å²) in [5.74, 6) is 0.940. The van der Waals surface area contributed by atoms with Gasteiger partial charge in [0.2, 0.25) is 0 Å². The van der Waals surface area contributed by atoms with Crippen molar-refractivity contribution in [2.24, 2.45) is 0 Å². The third-order valence-electron chi connectivity index (χ3n) is 2.31. The van der Waals surface area contributed by atoms with E-state index in [0.717, 1.165) is 17.3 Å². The number of aromatic nitrogens is 2. The summed E-state index contributed by atoms with van der Waals surface area (Å²) in [7, 11) is 0. The monoisotopic (exact) mass is 226 g/mol. The zero-order chi connectivity index (χ0) is 11.6.